The molecule has 1 N–H and O–H groups in total. The van der Waals surface area contributed by atoms with Gasteiger partial charge in [0, 0.05) is 27.2 Å². The van der Waals surface area contributed by atoms with Crippen LogP contribution in [-0.2, 0) is 5.41 Å². The number of hydrogen-bond acceptors (Lipinski definition) is 0. The van der Waals surface area contributed by atoms with Crippen molar-refractivity contribution >= 4 is 21.8 Å². The summed E-state index contributed by atoms with van der Waals surface area (Å²) in [6.07, 6.45) is 5.53. The summed E-state index contributed by atoms with van der Waals surface area (Å²) >= 11 is 0. The Balaban J connectivity index is 1.45. The van der Waals surface area contributed by atoms with Gasteiger partial charge in [-0.1, -0.05) is 86.6 Å². The van der Waals surface area contributed by atoms with E-state index in [1.54, 1.807) is 11.1 Å². The summed E-state index contributed by atoms with van der Waals surface area (Å²) in [6.45, 7) is 5.06. The molecule has 1 aromatic heterocycles. The van der Waals surface area contributed by atoms with Gasteiger partial charge in [0.2, 0.25) is 0 Å². The molecule has 1 heteroatoms. The second-order valence-corrected chi connectivity index (χ2v) is 12.1. The van der Waals surface area contributed by atoms with Crippen molar-refractivity contribution in [2.45, 2.75) is 44.9 Å². The molecule has 36 heavy (non-hydrogen) atoms. The SMILES string of the molecule is CC1CC2CC(C)C3(c4ccccc4-c4c(-c5cccc6[nH]c7ccccc7c56)cccc43)C(C1)C2. The van der Waals surface area contributed by atoms with E-state index in [9.17, 15) is 0 Å². The van der Waals surface area contributed by atoms with E-state index < -0.39 is 0 Å². The first-order valence-electron chi connectivity index (χ1n) is 13.9. The number of aromatic amines is 1. The third-order valence-electron chi connectivity index (χ3n) is 10.1. The summed E-state index contributed by atoms with van der Waals surface area (Å²) in [5.41, 5.74) is 11.5. The van der Waals surface area contributed by atoms with Gasteiger partial charge in [-0.2, -0.15) is 0 Å². The van der Waals surface area contributed by atoms with Gasteiger partial charge in [-0.05, 0) is 94.9 Å². The zero-order chi connectivity index (χ0) is 24.0. The highest BCUT2D eigenvalue weighted by molar-refractivity contribution is 6.15. The van der Waals surface area contributed by atoms with Crippen LogP contribution < -0.4 is 0 Å². The van der Waals surface area contributed by atoms with Crippen molar-refractivity contribution in [1.29, 1.82) is 0 Å². The summed E-state index contributed by atoms with van der Waals surface area (Å²) < 4.78 is 0. The first kappa shape index (κ1) is 20.8. The second-order valence-electron chi connectivity index (χ2n) is 12.1. The molecule has 2 saturated carbocycles. The van der Waals surface area contributed by atoms with Crippen LogP contribution in [0.3, 0.4) is 0 Å². The molecule has 1 spiro atoms. The molecule has 0 saturated heterocycles. The molecular weight excluding hydrogens is 434 g/mol. The van der Waals surface area contributed by atoms with Crippen molar-refractivity contribution in [3.8, 4) is 22.3 Å². The Morgan fingerprint density at radius 3 is 2.31 bits per heavy atom. The first-order valence-corrected chi connectivity index (χ1v) is 13.9. The zero-order valence-corrected chi connectivity index (χ0v) is 21.2. The Kier molecular flexibility index (Phi) is 4.25. The van der Waals surface area contributed by atoms with Crippen LogP contribution >= 0.6 is 0 Å². The molecule has 5 aromatic rings. The Morgan fingerprint density at radius 2 is 1.36 bits per heavy atom. The lowest BCUT2D eigenvalue weighted by molar-refractivity contribution is 0.0426. The van der Waals surface area contributed by atoms with Crippen molar-refractivity contribution in [2.75, 3.05) is 0 Å². The van der Waals surface area contributed by atoms with Crippen LogP contribution in [0.25, 0.3) is 44.1 Å². The maximum absolute atomic E-state index is 3.67. The molecule has 5 unspecified atom stereocenters. The molecule has 8 rings (SSSR count). The lowest BCUT2D eigenvalue weighted by atomic mass is 9.49. The van der Waals surface area contributed by atoms with E-state index in [0.717, 1.165) is 17.8 Å². The number of hydrogen-bond donors (Lipinski definition) is 1. The minimum absolute atomic E-state index is 0.140. The third-order valence-corrected chi connectivity index (χ3v) is 10.1. The fraction of sp³-hybridized carbons (Fsp3) is 0.314. The molecule has 1 heterocycles. The number of benzene rings is 4. The van der Waals surface area contributed by atoms with Gasteiger partial charge in [0.05, 0.1) is 0 Å². The number of H-pyrrole nitrogens is 1. The molecule has 1 nitrogen and oxygen atoms in total. The average molecular weight is 468 g/mol. The standard InChI is InChI=1S/C35H33N/c1-21-17-23-19-22(2)35(24(18-21)20-23)29-13-5-3-9-27(29)33-25(11-7-14-30(33)35)26-12-8-16-32-34(26)28-10-4-6-15-31(28)36-32/h3-16,21-24,36H,17-20H2,1-2H3. The highest BCUT2D eigenvalue weighted by Crippen LogP contribution is 2.65. The van der Waals surface area contributed by atoms with E-state index in [0.29, 0.717) is 5.92 Å². The quantitative estimate of drug-likeness (QED) is 0.253. The predicted molar refractivity (Wildman–Crippen MR) is 151 cm³/mol. The number of para-hydroxylation sites is 1. The summed E-state index contributed by atoms with van der Waals surface area (Å²) in [6, 6.07) is 32.2. The van der Waals surface area contributed by atoms with Gasteiger partial charge in [-0.15, -0.1) is 0 Å². The van der Waals surface area contributed by atoms with E-state index in [4.69, 9.17) is 0 Å². The number of aromatic nitrogens is 1. The number of nitrogens with one attached hydrogen (secondary N) is 1. The predicted octanol–water partition coefficient (Wildman–Crippen LogP) is 9.35. The maximum Gasteiger partial charge on any atom is 0.0471 e. The van der Waals surface area contributed by atoms with Crippen molar-refractivity contribution in [2.24, 2.45) is 23.7 Å². The van der Waals surface area contributed by atoms with Crippen LogP contribution in [0.1, 0.15) is 50.7 Å². The normalized spacial score (nSPS) is 28.5. The van der Waals surface area contributed by atoms with E-state index in [1.807, 2.05) is 0 Å². The van der Waals surface area contributed by atoms with Crippen molar-refractivity contribution in [3.05, 3.63) is 96.1 Å². The van der Waals surface area contributed by atoms with E-state index >= 15 is 0 Å². The van der Waals surface area contributed by atoms with Gasteiger partial charge < -0.3 is 4.98 Å². The van der Waals surface area contributed by atoms with E-state index in [-0.39, 0.29) is 5.41 Å². The maximum atomic E-state index is 3.67. The molecule has 2 fully saturated rings. The van der Waals surface area contributed by atoms with E-state index in [1.165, 1.54) is 69.7 Å². The second kappa shape index (κ2) is 7.35. The molecule has 0 amide bonds. The third kappa shape index (κ3) is 2.56. The van der Waals surface area contributed by atoms with E-state index in [2.05, 4.69) is 104 Å². The summed E-state index contributed by atoms with van der Waals surface area (Å²) in [5, 5.41) is 2.67. The molecule has 3 aliphatic carbocycles. The van der Waals surface area contributed by atoms with Gasteiger partial charge in [-0.3, -0.25) is 0 Å². The molecule has 4 aromatic carbocycles. The number of fused-ring (bicyclic) bond motifs is 11. The molecule has 0 aliphatic heterocycles. The minimum atomic E-state index is 0.140. The summed E-state index contributed by atoms with van der Waals surface area (Å²) in [4.78, 5) is 3.67. The Bertz CT molecular complexity index is 1650. The molecule has 3 aliphatic rings. The van der Waals surface area contributed by atoms with Crippen LogP contribution in [0.2, 0.25) is 0 Å². The molecule has 0 radical (unpaired) electrons. The molecule has 178 valence electrons. The Hall–Kier alpha value is -3.32. The first-order chi connectivity index (χ1) is 17.7. The van der Waals surface area contributed by atoms with Crippen molar-refractivity contribution in [1.82, 2.24) is 4.98 Å². The summed E-state index contributed by atoms with van der Waals surface area (Å²) in [7, 11) is 0. The zero-order valence-electron chi connectivity index (χ0n) is 21.2. The van der Waals surface area contributed by atoms with Gasteiger partial charge in [0.1, 0.15) is 0 Å². The molecular formula is C35H33N. The van der Waals surface area contributed by atoms with Gasteiger partial charge in [0.15, 0.2) is 0 Å². The monoisotopic (exact) mass is 467 g/mol. The molecule has 5 atom stereocenters. The number of rotatable bonds is 1. The van der Waals surface area contributed by atoms with Crippen LogP contribution in [0.5, 0.6) is 0 Å². The van der Waals surface area contributed by atoms with Crippen molar-refractivity contribution < 1.29 is 0 Å². The van der Waals surface area contributed by atoms with Gasteiger partial charge >= 0.3 is 0 Å². The smallest absolute Gasteiger partial charge is 0.0471 e. The van der Waals surface area contributed by atoms with Crippen LogP contribution in [0.4, 0.5) is 0 Å². The fourth-order valence-electron chi connectivity index (χ4n) is 9.11. The lowest BCUT2D eigenvalue weighted by Gasteiger charge is -2.54. The minimum Gasteiger partial charge on any atom is -0.354 e. The highest BCUT2D eigenvalue weighted by atomic mass is 14.7. The molecule has 2 bridgehead atoms. The van der Waals surface area contributed by atoms with Crippen molar-refractivity contribution in [3.63, 3.8) is 0 Å². The average Bonchev–Trinajstić information content (AvgIpc) is 3.42. The van der Waals surface area contributed by atoms with Crippen LogP contribution in [0.15, 0.2) is 84.9 Å². The Morgan fingerprint density at radius 1 is 0.639 bits per heavy atom. The fourth-order valence-corrected chi connectivity index (χ4v) is 9.11. The van der Waals surface area contributed by atoms with Gasteiger partial charge in [0.25, 0.3) is 0 Å². The lowest BCUT2D eigenvalue weighted by Crippen LogP contribution is -2.49. The highest BCUT2D eigenvalue weighted by Gasteiger charge is 2.56. The Labute approximate surface area is 213 Å². The van der Waals surface area contributed by atoms with Crippen LogP contribution in [-0.4, -0.2) is 4.98 Å². The van der Waals surface area contributed by atoms with Gasteiger partial charge in [-0.25, -0.2) is 0 Å². The van der Waals surface area contributed by atoms with Crippen LogP contribution in [0, 0.1) is 23.7 Å². The topological polar surface area (TPSA) is 15.8 Å². The summed E-state index contributed by atoms with van der Waals surface area (Å²) in [5.74, 6) is 3.13. The largest absolute Gasteiger partial charge is 0.354 e.